The van der Waals surface area contributed by atoms with Crippen LogP contribution in [-0.4, -0.2) is 51.1 Å². The van der Waals surface area contributed by atoms with E-state index in [9.17, 15) is 4.79 Å². The standard InChI is InChI=1S/C13H22N4O4/c1-13(2,3)7-9(6-11(18)19)17-12(14-15-16-17)10-8-20-4-5-21-10/h9-10H,4-8H2,1-3H3,(H,18,19). The number of carboxylic acid groups (broad SMARTS) is 1. The van der Waals surface area contributed by atoms with Crippen LogP contribution in [0.3, 0.4) is 0 Å². The molecule has 0 radical (unpaired) electrons. The number of hydrogen-bond acceptors (Lipinski definition) is 6. The van der Waals surface area contributed by atoms with E-state index >= 15 is 0 Å². The summed E-state index contributed by atoms with van der Waals surface area (Å²) < 4.78 is 12.6. The van der Waals surface area contributed by atoms with Crippen LogP contribution in [-0.2, 0) is 14.3 Å². The Morgan fingerprint density at radius 1 is 1.48 bits per heavy atom. The second-order valence-corrected chi connectivity index (χ2v) is 6.43. The molecule has 8 nitrogen and oxygen atoms in total. The lowest BCUT2D eigenvalue weighted by Crippen LogP contribution is -2.28. The topological polar surface area (TPSA) is 99.4 Å². The molecule has 1 N–H and O–H groups in total. The van der Waals surface area contributed by atoms with Gasteiger partial charge < -0.3 is 14.6 Å². The molecule has 118 valence electrons. The smallest absolute Gasteiger partial charge is 0.305 e. The van der Waals surface area contributed by atoms with E-state index in [0.717, 1.165) is 0 Å². The first-order valence-electron chi connectivity index (χ1n) is 7.06. The molecule has 0 saturated carbocycles. The Morgan fingerprint density at radius 2 is 2.24 bits per heavy atom. The molecule has 1 fully saturated rings. The van der Waals surface area contributed by atoms with E-state index in [0.29, 0.717) is 32.1 Å². The molecule has 2 heterocycles. The summed E-state index contributed by atoms with van der Waals surface area (Å²) in [4.78, 5) is 11.1. The van der Waals surface area contributed by atoms with Crippen LogP contribution in [0.5, 0.6) is 0 Å². The first-order chi connectivity index (χ1) is 9.87. The van der Waals surface area contributed by atoms with E-state index in [-0.39, 0.29) is 24.0 Å². The molecule has 2 rings (SSSR count). The van der Waals surface area contributed by atoms with E-state index in [1.807, 2.05) is 0 Å². The molecule has 1 aromatic heterocycles. The molecular formula is C13H22N4O4. The van der Waals surface area contributed by atoms with Gasteiger partial charge in [0.1, 0.15) is 6.10 Å². The molecule has 0 amide bonds. The molecule has 1 saturated heterocycles. The Labute approximate surface area is 123 Å². The van der Waals surface area contributed by atoms with Gasteiger partial charge in [-0.3, -0.25) is 4.79 Å². The first kappa shape index (κ1) is 15.8. The fourth-order valence-corrected chi connectivity index (χ4v) is 2.46. The molecule has 0 spiro atoms. The van der Waals surface area contributed by atoms with Crippen molar-refractivity contribution in [3.63, 3.8) is 0 Å². The minimum absolute atomic E-state index is 0.0249. The predicted octanol–water partition coefficient (Wildman–Crippen LogP) is 1.21. The molecule has 2 atom stereocenters. The number of rotatable bonds is 5. The third-order valence-electron chi connectivity index (χ3n) is 3.23. The highest BCUT2D eigenvalue weighted by Gasteiger charge is 2.30. The molecule has 0 aliphatic carbocycles. The predicted molar refractivity (Wildman–Crippen MR) is 72.7 cm³/mol. The van der Waals surface area contributed by atoms with Gasteiger partial charge in [-0.05, 0) is 22.3 Å². The van der Waals surface area contributed by atoms with Gasteiger partial charge in [0.15, 0.2) is 5.82 Å². The molecule has 0 bridgehead atoms. The van der Waals surface area contributed by atoms with E-state index in [1.54, 1.807) is 4.68 Å². The third-order valence-corrected chi connectivity index (χ3v) is 3.23. The lowest BCUT2D eigenvalue weighted by molar-refractivity contribution is -0.138. The second kappa shape index (κ2) is 6.48. The van der Waals surface area contributed by atoms with Crippen LogP contribution in [0.2, 0.25) is 0 Å². The number of carbonyl (C=O) groups is 1. The Balaban J connectivity index is 2.23. The SMILES string of the molecule is CC(C)(C)CC(CC(=O)O)n1nnnc1C1COCCO1. The quantitative estimate of drug-likeness (QED) is 0.872. The summed E-state index contributed by atoms with van der Waals surface area (Å²) in [6.07, 6.45) is 0.290. The van der Waals surface area contributed by atoms with Crippen LogP contribution >= 0.6 is 0 Å². The second-order valence-electron chi connectivity index (χ2n) is 6.43. The van der Waals surface area contributed by atoms with Gasteiger partial charge >= 0.3 is 5.97 Å². The Morgan fingerprint density at radius 3 is 2.81 bits per heavy atom. The maximum Gasteiger partial charge on any atom is 0.305 e. The highest BCUT2D eigenvalue weighted by Crippen LogP contribution is 2.31. The molecule has 8 heteroatoms. The van der Waals surface area contributed by atoms with E-state index < -0.39 is 5.97 Å². The van der Waals surface area contributed by atoms with Crippen LogP contribution in [0.15, 0.2) is 0 Å². The van der Waals surface area contributed by atoms with E-state index in [1.165, 1.54) is 0 Å². The van der Waals surface area contributed by atoms with Crippen molar-refractivity contribution in [1.82, 2.24) is 20.2 Å². The number of hydrogen-bond donors (Lipinski definition) is 1. The number of aromatic nitrogens is 4. The molecule has 1 aliphatic rings. The van der Waals surface area contributed by atoms with Crippen LogP contribution in [0.1, 0.15) is 51.6 Å². The number of carboxylic acids is 1. The highest BCUT2D eigenvalue weighted by atomic mass is 16.6. The summed E-state index contributed by atoms with van der Waals surface area (Å²) >= 11 is 0. The molecule has 21 heavy (non-hydrogen) atoms. The van der Waals surface area contributed by atoms with Crippen LogP contribution in [0, 0.1) is 5.41 Å². The lowest BCUT2D eigenvalue weighted by Gasteiger charge is -2.28. The van der Waals surface area contributed by atoms with Crippen molar-refractivity contribution >= 4 is 5.97 Å². The Hall–Kier alpha value is -1.54. The zero-order valence-electron chi connectivity index (χ0n) is 12.7. The number of nitrogens with zero attached hydrogens (tertiary/aromatic N) is 4. The van der Waals surface area contributed by atoms with Gasteiger partial charge in [-0.1, -0.05) is 20.8 Å². The summed E-state index contributed by atoms with van der Waals surface area (Å²) in [7, 11) is 0. The van der Waals surface area contributed by atoms with Gasteiger partial charge in [0.2, 0.25) is 0 Å². The van der Waals surface area contributed by atoms with Crippen molar-refractivity contribution in [3.05, 3.63) is 5.82 Å². The molecule has 2 unspecified atom stereocenters. The average molecular weight is 298 g/mol. The van der Waals surface area contributed by atoms with E-state index in [2.05, 4.69) is 36.3 Å². The molecule has 1 aliphatic heterocycles. The Kier molecular flexibility index (Phi) is 4.89. The number of tetrazole rings is 1. The molecule has 0 aromatic carbocycles. The molecular weight excluding hydrogens is 276 g/mol. The van der Waals surface area contributed by atoms with Crippen molar-refractivity contribution in [2.75, 3.05) is 19.8 Å². The average Bonchev–Trinajstić information content (AvgIpc) is 2.86. The Bertz CT molecular complexity index is 477. The monoisotopic (exact) mass is 298 g/mol. The van der Waals surface area contributed by atoms with Crippen molar-refractivity contribution in [1.29, 1.82) is 0 Å². The largest absolute Gasteiger partial charge is 0.481 e. The van der Waals surface area contributed by atoms with Gasteiger partial charge in [0.05, 0.1) is 32.3 Å². The van der Waals surface area contributed by atoms with Crippen molar-refractivity contribution in [2.24, 2.45) is 5.41 Å². The van der Waals surface area contributed by atoms with Gasteiger partial charge in [-0.15, -0.1) is 5.10 Å². The summed E-state index contributed by atoms with van der Waals surface area (Å²) in [6.45, 7) is 7.61. The minimum atomic E-state index is -0.869. The first-order valence-corrected chi connectivity index (χ1v) is 7.06. The van der Waals surface area contributed by atoms with E-state index in [4.69, 9.17) is 14.6 Å². The number of ether oxygens (including phenoxy) is 2. The molecule has 1 aromatic rings. The third kappa shape index (κ3) is 4.47. The van der Waals surface area contributed by atoms with Gasteiger partial charge in [-0.25, -0.2) is 4.68 Å². The zero-order valence-corrected chi connectivity index (χ0v) is 12.7. The lowest BCUT2D eigenvalue weighted by atomic mass is 9.87. The van der Waals surface area contributed by atoms with Gasteiger partial charge in [0, 0.05) is 0 Å². The number of aliphatic carboxylic acids is 1. The fraction of sp³-hybridized carbons (Fsp3) is 0.846. The summed E-state index contributed by atoms with van der Waals surface area (Å²) in [5, 5.41) is 20.8. The van der Waals surface area contributed by atoms with Crippen molar-refractivity contribution < 1.29 is 19.4 Å². The van der Waals surface area contributed by atoms with Crippen LogP contribution in [0.25, 0.3) is 0 Å². The summed E-state index contributed by atoms with van der Waals surface area (Å²) in [5.74, 6) is -0.336. The van der Waals surface area contributed by atoms with Gasteiger partial charge in [-0.2, -0.15) is 0 Å². The van der Waals surface area contributed by atoms with Crippen molar-refractivity contribution in [2.45, 2.75) is 45.8 Å². The summed E-state index contributed by atoms with van der Waals surface area (Å²) in [5.41, 5.74) is -0.0345. The van der Waals surface area contributed by atoms with Crippen LogP contribution < -0.4 is 0 Å². The minimum Gasteiger partial charge on any atom is -0.481 e. The zero-order chi connectivity index (χ0) is 15.5. The van der Waals surface area contributed by atoms with Crippen molar-refractivity contribution in [3.8, 4) is 0 Å². The summed E-state index contributed by atoms with van der Waals surface area (Å²) in [6, 6.07) is -0.307. The maximum atomic E-state index is 11.1. The highest BCUT2D eigenvalue weighted by molar-refractivity contribution is 5.67. The van der Waals surface area contributed by atoms with Crippen LogP contribution in [0.4, 0.5) is 0 Å². The van der Waals surface area contributed by atoms with Gasteiger partial charge in [0.25, 0.3) is 0 Å². The fourth-order valence-electron chi connectivity index (χ4n) is 2.46. The maximum absolute atomic E-state index is 11.1. The normalized spacial score (nSPS) is 21.2.